The van der Waals surface area contributed by atoms with Crippen LogP contribution in [0.5, 0.6) is 5.75 Å². The van der Waals surface area contributed by atoms with Crippen molar-refractivity contribution in [2.45, 2.75) is 13.3 Å². The number of hydrogen-bond donors (Lipinski definition) is 1. The molecule has 1 N–H and O–H groups in total. The first-order valence-electron chi connectivity index (χ1n) is 6.32. The van der Waals surface area contributed by atoms with Crippen molar-refractivity contribution < 1.29 is 13.2 Å². The maximum absolute atomic E-state index is 12.2. The molecule has 0 unspecified atom stereocenters. The Hall–Kier alpha value is -1.27. The molecule has 19 heavy (non-hydrogen) atoms. The number of rotatable bonds is 8. The summed E-state index contributed by atoms with van der Waals surface area (Å²) < 4.78 is 30.7. The van der Waals surface area contributed by atoms with Crippen molar-refractivity contribution >= 4 is 15.7 Å². The summed E-state index contributed by atoms with van der Waals surface area (Å²) in [6, 6.07) is 7.03. The molecule has 0 radical (unpaired) electrons. The average molecular weight is 286 g/mol. The first-order chi connectivity index (χ1) is 9.01. The fourth-order valence-corrected chi connectivity index (χ4v) is 2.88. The highest BCUT2D eigenvalue weighted by molar-refractivity contribution is 7.92. The van der Waals surface area contributed by atoms with Crippen LogP contribution >= 0.6 is 0 Å². The highest BCUT2D eigenvalue weighted by atomic mass is 32.2. The summed E-state index contributed by atoms with van der Waals surface area (Å²) in [6.07, 6.45) is 0.602. The van der Waals surface area contributed by atoms with Gasteiger partial charge in [-0.25, -0.2) is 8.42 Å². The zero-order valence-electron chi connectivity index (χ0n) is 11.7. The Kier molecular flexibility index (Phi) is 6.11. The Labute approximate surface area is 115 Å². The molecule has 0 saturated carbocycles. The minimum Gasteiger partial charge on any atom is -0.497 e. The highest BCUT2D eigenvalue weighted by Crippen LogP contribution is 2.22. The molecule has 1 rings (SSSR count). The van der Waals surface area contributed by atoms with Gasteiger partial charge in [0.1, 0.15) is 5.75 Å². The maximum atomic E-state index is 12.2. The Bertz CT molecular complexity index is 488. The van der Waals surface area contributed by atoms with E-state index in [0.29, 0.717) is 24.4 Å². The monoisotopic (exact) mass is 286 g/mol. The van der Waals surface area contributed by atoms with Crippen LogP contribution in [0, 0.1) is 0 Å². The second-order valence-corrected chi connectivity index (χ2v) is 6.31. The predicted molar refractivity (Wildman–Crippen MR) is 78.3 cm³/mol. The summed E-state index contributed by atoms with van der Waals surface area (Å²) in [4.78, 5) is 0. The topological polar surface area (TPSA) is 58.6 Å². The third-order valence-corrected chi connectivity index (χ3v) is 4.69. The van der Waals surface area contributed by atoms with E-state index in [1.165, 1.54) is 4.31 Å². The number of hydrogen-bond acceptors (Lipinski definition) is 4. The van der Waals surface area contributed by atoms with Crippen LogP contribution in [0.3, 0.4) is 0 Å². The Morgan fingerprint density at radius 1 is 1.37 bits per heavy atom. The third-order valence-electron chi connectivity index (χ3n) is 2.84. The van der Waals surface area contributed by atoms with Crippen molar-refractivity contribution in [3.05, 3.63) is 24.3 Å². The summed E-state index contributed by atoms with van der Waals surface area (Å²) in [6.45, 7) is 3.56. The zero-order chi connectivity index (χ0) is 14.3. The van der Waals surface area contributed by atoms with Gasteiger partial charge in [-0.05, 0) is 31.6 Å². The van der Waals surface area contributed by atoms with Crippen LogP contribution in [0.2, 0.25) is 0 Å². The van der Waals surface area contributed by atoms with E-state index in [4.69, 9.17) is 4.74 Å². The summed E-state index contributed by atoms with van der Waals surface area (Å²) in [5.41, 5.74) is 0.614. The molecule has 0 aliphatic rings. The molecule has 0 aliphatic carbocycles. The van der Waals surface area contributed by atoms with Crippen LogP contribution in [0.4, 0.5) is 5.69 Å². The first kappa shape index (κ1) is 15.8. The first-order valence-corrected chi connectivity index (χ1v) is 7.93. The lowest BCUT2D eigenvalue weighted by atomic mass is 10.3. The van der Waals surface area contributed by atoms with Gasteiger partial charge in [-0.3, -0.25) is 4.31 Å². The number of ether oxygens (including phenoxy) is 1. The van der Waals surface area contributed by atoms with Gasteiger partial charge in [0, 0.05) is 13.1 Å². The van der Waals surface area contributed by atoms with Crippen molar-refractivity contribution in [2.75, 3.05) is 37.3 Å². The Balaban J connectivity index is 2.71. The lowest BCUT2D eigenvalue weighted by Crippen LogP contribution is -2.30. The number of nitrogens with zero attached hydrogens (tertiary/aromatic N) is 1. The minimum atomic E-state index is -3.28. The molecule has 0 saturated heterocycles. The second-order valence-electron chi connectivity index (χ2n) is 4.19. The van der Waals surface area contributed by atoms with Crippen LogP contribution in [0.1, 0.15) is 13.3 Å². The van der Waals surface area contributed by atoms with Gasteiger partial charge < -0.3 is 10.1 Å². The van der Waals surface area contributed by atoms with Crippen molar-refractivity contribution in [1.29, 1.82) is 0 Å². The normalized spacial score (nSPS) is 11.3. The molecule has 108 valence electrons. The van der Waals surface area contributed by atoms with Gasteiger partial charge in [-0.1, -0.05) is 13.0 Å². The molecule has 1 aromatic rings. The van der Waals surface area contributed by atoms with Gasteiger partial charge in [-0.2, -0.15) is 0 Å². The highest BCUT2D eigenvalue weighted by Gasteiger charge is 2.18. The fraction of sp³-hybridized carbons (Fsp3) is 0.538. The molecule has 0 amide bonds. The quantitative estimate of drug-likeness (QED) is 0.735. The fourth-order valence-electron chi connectivity index (χ4n) is 1.66. The molecule has 0 aromatic heterocycles. The molecular weight excluding hydrogens is 264 g/mol. The molecule has 5 nitrogen and oxygen atoms in total. The van der Waals surface area contributed by atoms with E-state index in [1.54, 1.807) is 38.4 Å². The van der Waals surface area contributed by atoms with E-state index in [2.05, 4.69) is 5.32 Å². The lowest BCUT2D eigenvalue weighted by Gasteiger charge is -2.20. The van der Waals surface area contributed by atoms with Crippen molar-refractivity contribution in [3.63, 3.8) is 0 Å². The number of methoxy groups -OCH3 is 1. The van der Waals surface area contributed by atoms with Crippen LogP contribution in [-0.2, 0) is 10.0 Å². The van der Waals surface area contributed by atoms with Gasteiger partial charge in [0.15, 0.2) is 0 Å². The molecule has 0 heterocycles. The summed E-state index contributed by atoms with van der Waals surface area (Å²) in [5.74, 6) is 0.778. The van der Waals surface area contributed by atoms with E-state index >= 15 is 0 Å². The SMILES string of the molecule is CCNCCCS(=O)(=O)N(C)c1cccc(OC)c1. The zero-order valence-corrected chi connectivity index (χ0v) is 12.5. The number of nitrogens with one attached hydrogen (secondary N) is 1. The number of anilines is 1. The van der Waals surface area contributed by atoms with Gasteiger partial charge in [0.2, 0.25) is 10.0 Å². The van der Waals surface area contributed by atoms with Gasteiger partial charge in [-0.15, -0.1) is 0 Å². The lowest BCUT2D eigenvalue weighted by molar-refractivity contribution is 0.415. The van der Waals surface area contributed by atoms with E-state index in [1.807, 2.05) is 6.92 Å². The maximum Gasteiger partial charge on any atom is 0.234 e. The average Bonchev–Trinajstić information content (AvgIpc) is 2.43. The number of benzene rings is 1. The summed E-state index contributed by atoms with van der Waals surface area (Å²) in [5, 5.41) is 3.11. The van der Waals surface area contributed by atoms with Crippen LogP contribution in [0.25, 0.3) is 0 Å². The van der Waals surface area contributed by atoms with Crippen molar-refractivity contribution in [2.24, 2.45) is 0 Å². The second kappa shape index (κ2) is 7.35. The van der Waals surface area contributed by atoms with E-state index in [-0.39, 0.29) is 5.75 Å². The van der Waals surface area contributed by atoms with Crippen LogP contribution < -0.4 is 14.4 Å². The van der Waals surface area contributed by atoms with E-state index < -0.39 is 10.0 Å². The minimum absolute atomic E-state index is 0.133. The molecule has 0 spiro atoms. The molecule has 0 fully saturated rings. The van der Waals surface area contributed by atoms with Gasteiger partial charge >= 0.3 is 0 Å². The third kappa shape index (κ3) is 4.72. The molecular formula is C13H22N2O3S. The standard InChI is InChI=1S/C13H22N2O3S/c1-4-14-9-6-10-19(16,17)15(2)12-7-5-8-13(11-12)18-3/h5,7-8,11,14H,4,6,9-10H2,1-3H3. The number of sulfonamides is 1. The van der Waals surface area contributed by atoms with Crippen molar-refractivity contribution in [1.82, 2.24) is 5.32 Å². The summed E-state index contributed by atoms with van der Waals surface area (Å²) >= 11 is 0. The molecule has 0 bridgehead atoms. The van der Waals surface area contributed by atoms with Gasteiger partial charge in [0.05, 0.1) is 18.6 Å². The smallest absolute Gasteiger partial charge is 0.234 e. The molecule has 1 aromatic carbocycles. The Morgan fingerprint density at radius 3 is 2.74 bits per heavy atom. The molecule has 6 heteroatoms. The van der Waals surface area contributed by atoms with E-state index in [0.717, 1.165) is 6.54 Å². The van der Waals surface area contributed by atoms with Crippen LogP contribution in [0.15, 0.2) is 24.3 Å². The predicted octanol–water partition coefficient (Wildman–Crippen LogP) is 1.46. The van der Waals surface area contributed by atoms with Crippen molar-refractivity contribution in [3.8, 4) is 5.75 Å². The molecule has 0 atom stereocenters. The summed E-state index contributed by atoms with van der Waals surface area (Å²) in [7, 11) is -0.155. The van der Waals surface area contributed by atoms with Crippen LogP contribution in [-0.4, -0.2) is 41.4 Å². The molecule has 0 aliphatic heterocycles. The Morgan fingerprint density at radius 2 is 2.11 bits per heavy atom. The van der Waals surface area contributed by atoms with Gasteiger partial charge in [0.25, 0.3) is 0 Å². The largest absolute Gasteiger partial charge is 0.497 e. The van der Waals surface area contributed by atoms with E-state index in [9.17, 15) is 8.42 Å².